The first-order valence-electron chi connectivity index (χ1n) is 21.3. The maximum absolute atomic E-state index is 14.4. The zero-order chi connectivity index (χ0) is 42.1. The van der Waals surface area contributed by atoms with Gasteiger partial charge in [0, 0.05) is 6.54 Å². The predicted molar refractivity (Wildman–Crippen MR) is 226 cm³/mol. The highest BCUT2D eigenvalue weighted by Crippen LogP contribution is 2.29. The summed E-state index contributed by atoms with van der Waals surface area (Å²) < 4.78 is 6.31. The molecule has 1 amide bonds. The van der Waals surface area contributed by atoms with E-state index in [-0.39, 0.29) is 43.2 Å². The van der Waals surface area contributed by atoms with Crippen LogP contribution in [0.15, 0.2) is 54.6 Å². The lowest BCUT2D eigenvalue weighted by Gasteiger charge is -2.25. The molecule has 0 spiro atoms. The maximum atomic E-state index is 14.4. The Kier molecular flexibility index (Phi) is 15.2. The van der Waals surface area contributed by atoms with Gasteiger partial charge in [0.15, 0.2) is 0 Å². The number of carbonyl (C=O) groups excluding carboxylic acids is 1. The molecular formula is C47H62N4O8. The lowest BCUT2D eigenvalue weighted by Crippen LogP contribution is -2.35. The van der Waals surface area contributed by atoms with Gasteiger partial charge in [-0.2, -0.15) is 0 Å². The van der Waals surface area contributed by atoms with Crippen molar-refractivity contribution in [3.8, 4) is 5.75 Å². The minimum Gasteiger partial charge on any atom is -0.492 e. The van der Waals surface area contributed by atoms with Gasteiger partial charge in [-0.05, 0) is 162 Å². The van der Waals surface area contributed by atoms with Gasteiger partial charge in [0.25, 0.3) is 0 Å². The zero-order valence-corrected chi connectivity index (χ0v) is 34.8. The molecule has 6 unspecified atom stereocenters. The first kappa shape index (κ1) is 43.8. The van der Waals surface area contributed by atoms with Crippen LogP contribution in [0.3, 0.4) is 0 Å². The molecule has 3 aliphatic rings. The Bertz CT molecular complexity index is 1950. The minimum atomic E-state index is -0.801. The fourth-order valence-corrected chi connectivity index (χ4v) is 9.61. The first-order chi connectivity index (χ1) is 28.3. The number of hydrogen-bond acceptors (Lipinski definition) is 8. The van der Waals surface area contributed by atoms with Crippen molar-refractivity contribution in [1.29, 1.82) is 0 Å². The summed E-state index contributed by atoms with van der Waals surface area (Å²) in [6.07, 6.45) is 3.81. The molecule has 0 saturated carbocycles. The molecule has 0 radical (unpaired) electrons. The summed E-state index contributed by atoms with van der Waals surface area (Å²) in [5.74, 6) is -3.21. The smallest absolute Gasteiger partial charge is 0.307 e. The molecule has 3 aromatic carbocycles. The van der Waals surface area contributed by atoms with Crippen molar-refractivity contribution in [1.82, 2.24) is 20.9 Å². The Hall–Kier alpha value is -4.78. The minimum absolute atomic E-state index is 0.0566. The van der Waals surface area contributed by atoms with E-state index in [4.69, 9.17) is 4.74 Å². The van der Waals surface area contributed by atoms with E-state index < -0.39 is 35.7 Å². The number of nitrogens with one attached hydrogen (secondary N) is 3. The van der Waals surface area contributed by atoms with E-state index in [9.17, 15) is 34.5 Å². The van der Waals surface area contributed by atoms with Crippen molar-refractivity contribution < 1.29 is 39.2 Å². The second kappa shape index (κ2) is 20.5. The SMILES string of the molecule is Cc1cc(CC(=O)N(CCOc2cc(C)cc(CC(C(=O)O)C3CCNC3)c2)Cc2cc(C)cc(CC(C(=O)O)C3CCNC3)c2)cc(CC(C(=O)O)C2CCNC2)c1. The molecule has 6 rings (SSSR count). The summed E-state index contributed by atoms with van der Waals surface area (Å²) in [5.41, 5.74) is 7.37. The molecular weight excluding hydrogens is 749 g/mol. The van der Waals surface area contributed by atoms with E-state index in [2.05, 4.69) is 16.0 Å². The summed E-state index contributed by atoms with van der Waals surface area (Å²) >= 11 is 0. The van der Waals surface area contributed by atoms with Crippen LogP contribution in [0.25, 0.3) is 0 Å². The molecule has 318 valence electrons. The number of carbonyl (C=O) groups is 4. The van der Waals surface area contributed by atoms with Gasteiger partial charge >= 0.3 is 17.9 Å². The van der Waals surface area contributed by atoms with Crippen molar-refractivity contribution in [2.24, 2.45) is 35.5 Å². The first-order valence-corrected chi connectivity index (χ1v) is 21.3. The number of carboxylic acid groups (broad SMARTS) is 3. The predicted octanol–water partition coefficient (Wildman–Crippen LogP) is 4.82. The van der Waals surface area contributed by atoms with Crippen LogP contribution in [-0.4, -0.2) is 96.5 Å². The van der Waals surface area contributed by atoms with Crippen LogP contribution in [-0.2, 0) is 51.4 Å². The van der Waals surface area contributed by atoms with Crippen LogP contribution >= 0.6 is 0 Å². The van der Waals surface area contributed by atoms with Gasteiger partial charge in [-0.25, -0.2) is 0 Å². The van der Waals surface area contributed by atoms with Gasteiger partial charge < -0.3 is 40.9 Å². The molecule has 0 aliphatic carbocycles. The Morgan fingerprint density at radius 3 is 1.44 bits per heavy atom. The number of ether oxygens (including phenoxy) is 1. The number of aryl methyl sites for hydroxylation is 3. The number of hydrogen-bond donors (Lipinski definition) is 6. The van der Waals surface area contributed by atoms with Crippen LogP contribution in [0.5, 0.6) is 5.75 Å². The summed E-state index contributed by atoms with van der Waals surface area (Å²) in [5, 5.41) is 40.2. The van der Waals surface area contributed by atoms with Crippen LogP contribution in [0, 0.1) is 56.3 Å². The Balaban J connectivity index is 1.21. The van der Waals surface area contributed by atoms with Crippen molar-refractivity contribution in [2.45, 2.75) is 72.3 Å². The summed E-state index contributed by atoms with van der Waals surface area (Å²) in [6.45, 7) is 11.2. The third-order valence-electron chi connectivity index (χ3n) is 12.5. The molecule has 59 heavy (non-hydrogen) atoms. The quantitative estimate of drug-likeness (QED) is 0.0923. The second-order valence-corrected chi connectivity index (χ2v) is 17.4. The van der Waals surface area contributed by atoms with E-state index in [1.807, 2.05) is 75.4 Å². The summed E-state index contributed by atoms with van der Waals surface area (Å²) in [4.78, 5) is 53.1. The lowest BCUT2D eigenvalue weighted by molar-refractivity contribution is -0.144. The van der Waals surface area contributed by atoms with Crippen molar-refractivity contribution in [2.75, 3.05) is 52.4 Å². The molecule has 6 atom stereocenters. The molecule has 3 saturated heterocycles. The van der Waals surface area contributed by atoms with E-state index in [1.54, 1.807) is 4.90 Å². The third-order valence-corrected chi connectivity index (χ3v) is 12.5. The molecule has 3 aliphatic heterocycles. The molecule has 12 heteroatoms. The molecule has 3 aromatic rings. The highest BCUT2D eigenvalue weighted by Gasteiger charge is 2.33. The van der Waals surface area contributed by atoms with Gasteiger partial charge in [-0.1, -0.05) is 53.6 Å². The van der Waals surface area contributed by atoms with E-state index >= 15 is 0 Å². The average Bonchev–Trinajstić information content (AvgIpc) is 3.99. The van der Waals surface area contributed by atoms with Crippen LogP contribution in [0.2, 0.25) is 0 Å². The molecule has 12 nitrogen and oxygen atoms in total. The Morgan fingerprint density at radius 1 is 0.593 bits per heavy atom. The fraction of sp³-hybridized carbons (Fsp3) is 0.532. The molecule has 6 N–H and O–H groups in total. The second-order valence-electron chi connectivity index (χ2n) is 17.4. The van der Waals surface area contributed by atoms with Gasteiger partial charge in [0.05, 0.1) is 30.7 Å². The number of aliphatic carboxylic acids is 3. The zero-order valence-electron chi connectivity index (χ0n) is 34.8. The largest absolute Gasteiger partial charge is 0.492 e. The monoisotopic (exact) mass is 810 g/mol. The highest BCUT2D eigenvalue weighted by molar-refractivity contribution is 5.79. The standard InChI is InChI=1S/C47H62N4O8/c1-29-12-32(21-41(45(53)54)37-4-7-48-25-37)18-34(14-29)24-44(52)51(28-36-16-30(2)13-33(19-36)22-42(46(55)56)38-5-8-49-26-38)10-11-59-40-17-31(3)15-35(20-40)23-43(47(57)58)39-6-9-50-27-39/h12-20,37-39,41-43,48-50H,4-11,21-28H2,1-3H3,(H,53,54)(H,55,56)(H,57,58). The lowest BCUT2D eigenvalue weighted by atomic mass is 9.85. The topological polar surface area (TPSA) is 178 Å². The number of benzene rings is 3. The van der Waals surface area contributed by atoms with E-state index in [1.165, 1.54) is 0 Å². The van der Waals surface area contributed by atoms with Crippen molar-refractivity contribution >= 4 is 23.8 Å². The van der Waals surface area contributed by atoms with E-state index in [0.29, 0.717) is 51.2 Å². The molecule has 0 bridgehead atoms. The summed E-state index contributed by atoms with van der Waals surface area (Å²) in [6, 6.07) is 17.9. The number of carboxylic acids is 3. The van der Waals surface area contributed by atoms with Gasteiger partial charge in [0.1, 0.15) is 12.4 Å². The third kappa shape index (κ3) is 12.4. The molecule has 3 heterocycles. The van der Waals surface area contributed by atoms with Crippen LogP contribution in [0.4, 0.5) is 0 Å². The maximum Gasteiger partial charge on any atom is 0.307 e. The number of amides is 1. The highest BCUT2D eigenvalue weighted by atomic mass is 16.5. The normalized spacial score (nSPS) is 20.6. The number of nitrogens with zero attached hydrogens (tertiary/aromatic N) is 1. The van der Waals surface area contributed by atoms with E-state index in [0.717, 1.165) is 83.4 Å². The van der Waals surface area contributed by atoms with Gasteiger partial charge in [-0.15, -0.1) is 0 Å². The van der Waals surface area contributed by atoms with Crippen LogP contribution < -0.4 is 20.7 Å². The fourth-order valence-electron chi connectivity index (χ4n) is 9.61. The van der Waals surface area contributed by atoms with Gasteiger partial charge in [0.2, 0.25) is 5.91 Å². The van der Waals surface area contributed by atoms with Gasteiger partial charge in [-0.3, -0.25) is 19.2 Å². The molecule has 0 aromatic heterocycles. The summed E-state index contributed by atoms with van der Waals surface area (Å²) in [7, 11) is 0. The Morgan fingerprint density at radius 2 is 1.00 bits per heavy atom. The van der Waals surface area contributed by atoms with Crippen molar-refractivity contribution in [3.05, 3.63) is 99.1 Å². The Labute approximate surface area is 348 Å². The average molecular weight is 811 g/mol. The van der Waals surface area contributed by atoms with Crippen molar-refractivity contribution in [3.63, 3.8) is 0 Å². The molecule has 3 fully saturated rings. The number of rotatable bonds is 20. The van der Waals surface area contributed by atoms with Crippen LogP contribution in [0.1, 0.15) is 63.8 Å².